The average Bonchev–Trinajstić information content (AvgIpc) is 2.84. The highest BCUT2D eigenvalue weighted by Gasteiger charge is 2.18. The third kappa shape index (κ3) is 6.76. The van der Waals surface area contributed by atoms with Crippen LogP contribution in [0.15, 0.2) is 59.4 Å². The van der Waals surface area contributed by atoms with Crippen LogP contribution in [0.25, 0.3) is 12.2 Å². The maximum atomic E-state index is 12.8. The van der Waals surface area contributed by atoms with E-state index in [4.69, 9.17) is 27.9 Å². The van der Waals surface area contributed by atoms with Crippen LogP contribution >= 0.6 is 23.2 Å². The van der Waals surface area contributed by atoms with Gasteiger partial charge in [0.25, 0.3) is 11.5 Å². The van der Waals surface area contributed by atoms with Gasteiger partial charge in [0.2, 0.25) is 0 Å². The van der Waals surface area contributed by atoms with Crippen molar-refractivity contribution in [3.8, 4) is 5.75 Å². The van der Waals surface area contributed by atoms with Gasteiger partial charge in [-0.25, -0.2) is 4.72 Å². The van der Waals surface area contributed by atoms with E-state index in [2.05, 4.69) is 0 Å². The van der Waals surface area contributed by atoms with E-state index in [0.717, 1.165) is 15.4 Å². The Morgan fingerprint density at radius 1 is 1.06 bits per heavy atom. The molecule has 0 saturated carbocycles. The fourth-order valence-corrected chi connectivity index (χ4v) is 4.33. The molecule has 0 radical (unpaired) electrons. The zero-order chi connectivity index (χ0) is 26.5. The number of methoxy groups -OCH3 is 1. The van der Waals surface area contributed by atoms with Crippen LogP contribution in [0.1, 0.15) is 27.2 Å². The summed E-state index contributed by atoms with van der Waals surface area (Å²) in [6, 6.07) is 15.3. The van der Waals surface area contributed by atoms with Gasteiger partial charge in [0.05, 0.1) is 17.8 Å². The van der Waals surface area contributed by atoms with Crippen molar-refractivity contribution in [3.05, 3.63) is 97.4 Å². The van der Waals surface area contributed by atoms with Gasteiger partial charge in [-0.3, -0.25) is 9.59 Å². The third-order valence-corrected chi connectivity index (χ3v) is 7.29. The molecule has 1 aromatic heterocycles. The molecule has 1 N–H and O–H groups in total. The van der Waals surface area contributed by atoms with Crippen molar-refractivity contribution in [1.82, 2.24) is 13.6 Å². The van der Waals surface area contributed by atoms with Crippen molar-refractivity contribution >= 4 is 51.5 Å². The van der Waals surface area contributed by atoms with Gasteiger partial charge < -0.3 is 9.30 Å². The summed E-state index contributed by atoms with van der Waals surface area (Å²) in [6.07, 6.45) is 4.00. The van der Waals surface area contributed by atoms with Crippen LogP contribution in [0.3, 0.4) is 0 Å². The number of carbonyl (C=O) groups excluding carboxylic acids is 1. The summed E-state index contributed by atoms with van der Waals surface area (Å²) in [5, 5.41) is 0.334. The molecule has 0 fully saturated rings. The van der Waals surface area contributed by atoms with Crippen LogP contribution in [-0.2, 0) is 23.2 Å². The number of carbonyl (C=O) groups is 1. The molecule has 11 heteroatoms. The molecule has 0 saturated heterocycles. The molecule has 2 aromatic carbocycles. The van der Waals surface area contributed by atoms with Gasteiger partial charge in [0.15, 0.2) is 0 Å². The van der Waals surface area contributed by atoms with Crippen LogP contribution < -0.4 is 15.0 Å². The van der Waals surface area contributed by atoms with Gasteiger partial charge in [-0.05, 0) is 54.0 Å². The van der Waals surface area contributed by atoms with Crippen molar-refractivity contribution in [2.45, 2.75) is 13.0 Å². The van der Waals surface area contributed by atoms with Crippen LogP contribution in [0, 0.1) is 0 Å². The zero-order valence-corrected chi connectivity index (χ0v) is 22.2. The Labute approximate surface area is 219 Å². The van der Waals surface area contributed by atoms with E-state index in [-0.39, 0.29) is 22.7 Å². The number of ether oxygens (including phenoxy) is 1. The molecule has 0 aliphatic heterocycles. The second-order valence-corrected chi connectivity index (χ2v) is 10.7. The van der Waals surface area contributed by atoms with Crippen molar-refractivity contribution in [2.75, 3.05) is 21.2 Å². The number of nitrogens with zero attached hydrogens (tertiary/aromatic N) is 2. The predicted molar refractivity (Wildman–Crippen MR) is 143 cm³/mol. The second kappa shape index (κ2) is 11.7. The zero-order valence-electron chi connectivity index (χ0n) is 19.9. The largest absolute Gasteiger partial charge is 0.497 e. The summed E-state index contributed by atoms with van der Waals surface area (Å²) >= 11 is 12.5. The average molecular weight is 550 g/mol. The molecule has 0 atom stereocenters. The third-order valence-electron chi connectivity index (χ3n) is 5.31. The number of halogens is 2. The number of hydrogen-bond acceptors (Lipinski definition) is 5. The Morgan fingerprint density at radius 2 is 1.75 bits per heavy atom. The normalized spacial score (nSPS) is 11.7. The number of benzene rings is 2. The Balaban J connectivity index is 1.81. The summed E-state index contributed by atoms with van der Waals surface area (Å²) in [6.45, 7) is 0.275. The number of rotatable bonds is 9. The molecule has 190 valence electrons. The molecule has 0 unspecified atom stereocenters. The van der Waals surface area contributed by atoms with Gasteiger partial charge >= 0.3 is 10.2 Å². The van der Waals surface area contributed by atoms with E-state index in [1.165, 1.54) is 36.9 Å². The van der Waals surface area contributed by atoms with Gasteiger partial charge in [0, 0.05) is 26.2 Å². The number of aryl methyl sites for hydroxylation is 1. The fraction of sp³-hybridized carbons (Fsp3) is 0.200. The molecule has 0 bridgehead atoms. The lowest BCUT2D eigenvalue weighted by molar-refractivity contribution is 0.0979. The van der Waals surface area contributed by atoms with E-state index in [1.54, 1.807) is 25.3 Å². The van der Waals surface area contributed by atoms with Crippen molar-refractivity contribution in [3.63, 3.8) is 0 Å². The minimum Gasteiger partial charge on any atom is -0.497 e. The highest BCUT2D eigenvalue weighted by atomic mass is 35.5. The molecule has 8 nitrogen and oxygen atoms in total. The first-order valence-corrected chi connectivity index (χ1v) is 13.0. The quantitative estimate of drug-likeness (QED) is 0.433. The van der Waals surface area contributed by atoms with Crippen LogP contribution in [0.2, 0.25) is 10.0 Å². The van der Waals surface area contributed by atoms with Crippen LogP contribution in [0.5, 0.6) is 5.75 Å². The van der Waals surface area contributed by atoms with E-state index in [9.17, 15) is 18.0 Å². The van der Waals surface area contributed by atoms with Crippen molar-refractivity contribution in [2.24, 2.45) is 0 Å². The molecule has 1 heterocycles. The Bertz CT molecular complexity index is 1450. The lowest BCUT2D eigenvalue weighted by Gasteiger charge is -2.14. The highest BCUT2D eigenvalue weighted by Crippen LogP contribution is 2.22. The summed E-state index contributed by atoms with van der Waals surface area (Å²) < 4.78 is 33.4. The lowest BCUT2D eigenvalue weighted by atomic mass is 10.1. The SMILES string of the molecule is COc1cccc(/C=C/c2c(Cl)cc(Cl)c(=O)n2CCc2ccc(C(=O)NS(=O)(=O)N(C)C)cc2)c1. The maximum Gasteiger partial charge on any atom is 0.303 e. The molecule has 1 amide bonds. The smallest absolute Gasteiger partial charge is 0.303 e. The number of nitrogens with one attached hydrogen (secondary N) is 1. The van der Waals surface area contributed by atoms with Crippen molar-refractivity contribution < 1.29 is 17.9 Å². The highest BCUT2D eigenvalue weighted by molar-refractivity contribution is 7.87. The van der Waals surface area contributed by atoms with Crippen LogP contribution in [-0.4, -0.2) is 44.4 Å². The standard InChI is InChI=1S/C25H25Cl2N3O5S/c1-29(2)36(33,34)28-24(31)19-10-7-17(8-11-19)13-14-30-23(21(26)16-22(27)25(30)32)12-9-18-5-4-6-20(15-18)35-3/h4-12,15-16H,13-14H2,1-3H3,(H,28,31)/b12-9+. The van der Waals surface area contributed by atoms with E-state index in [0.29, 0.717) is 22.9 Å². The number of aromatic nitrogens is 1. The molecular weight excluding hydrogens is 525 g/mol. The molecule has 3 aromatic rings. The number of amides is 1. The van der Waals surface area contributed by atoms with E-state index in [1.807, 2.05) is 35.1 Å². The Kier molecular flexibility index (Phi) is 8.97. The number of pyridine rings is 1. The first-order chi connectivity index (χ1) is 17.0. The summed E-state index contributed by atoms with van der Waals surface area (Å²) in [5.74, 6) is -0.0359. The second-order valence-electron chi connectivity index (χ2n) is 7.96. The van der Waals surface area contributed by atoms with Crippen molar-refractivity contribution in [1.29, 1.82) is 0 Å². The van der Waals surface area contributed by atoms with Crippen LogP contribution in [0.4, 0.5) is 0 Å². The topological polar surface area (TPSA) is 97.7 Å². The summed E-state index contributed by atoms with van der Waals surface area (Å²) in [7, 11) is 0.337. The summed E-state index contributed by atoms with van der Waals surface area (Å²) in [4.78, 5) is 25.1. The molecule has 0 spiro atoms. The predicted octanol–water partition coefficient (Wildman–Crippen LogP) is 4.11. The molecule has 3 rings (SSSR count). The van der Waals surface area contributed by atoms with E-state index < -0.39 is 16.1 Å². The van der Waals surface area contributed by atoms with Gasteiger partial charge in [-0.15, -0.1) is 0 Å². The van der Waals surface area contributed by atoms with Gasteiger partial charge in [0.1, 0.15) is 10.8 Å². The lowest BCUT2D eigenvalue weighted by Crippen LogP contribution is -2.39. The summed E-state index contributed by atoms with van der Waals surface area (Å²) in [5.41, 5.74) is 2.00. The fourth-order valence-electron chi connectivity index (χ4n) is 3.26. The minimum atomic E-state index is -3.89. The van der Waals surface area contributed by atoms with Gasteiger partial charge in [-0.2, -0.15) is 12.7 Å². The monoisotopic (exact) mass is 549 g/mol. The Hall–Kier alpha value is -3.11. The van der Waals surface area contributed by atoms with E-state index >= 15 is 0 Å². The molecule has 0 aliphatic rings. The maximum absolute atomic E-state index is 12.8. The molecular formula is C25H25Cl2N3O5S. The number of hydrogen-bond donors (Lipinski definition) is 1. The first-order valence-electron chi connectivity index (χ1n) is 10.8. The first kappa shape index (κ1) is 27.5. The molecule has 0 aliphatic carbocycles. The Morgan fingerprint density at radius 3 is 2.39 bits per heavy atom. The molecule has 36 heavy (non-hydrogen) atoms. The van der Waals surface area contributed by atoms with Gasteiger partial charge in [-0.1, -0.05) is 53.5 Å². The minimum absolute atomic E-state index is 0.00708.